The predicted octanol–water partition coefficient (Wildman–Crippen LogP) is 3.82. The van der Waals surface area contributed by atoms with Crippen LogP contribution < -0.4 is 10.6 Å². The third-order valence-electron chi connectivity index (χ3n) is 2.98. The van der Waals surface area contributed by atoms with E-state index in [1.165, 1.54) is 0 Å². The number of alkyl carbamates (subject to hydrolysis) is 1. The predicted molar refractivity (Wildman–Crippen MR) is 91.5 cm³/mol. The Kier molecular flexibility index (Phi) is 7.36. The molecule has 1 aromatic rings. The molecule has 0 bridgehead atoms. The van der Waals surface area contributed by atoms with Crippen LogP contribution >= 0.6 is 11.6 Å². The second-order valence-corrected chi connectivity index (χ2v) is 6.81. The van der Waals surface area contributed by atoms with E-state index in [9.17, 15) is 9.59 Å². The van der Waals surface area contributed by atoms with E-state index < -0.39 is 11.7 Å². The average molecular weight is 341 g/mol. The number of halogens is 1. The Balaban J connectivity index is 2.26. The summed E-state index contributed by atoms with van der Waals surface area (Å²) in [4.78, 5) is 23.3. The van der Waals surface area contributed by atoms with E-state index in [0.717, 1.165) is 5.56 Å². The van der Waals surface area contributed by atoms with Crippen LogP contribution in [0.1, 0.15) is 52.1 Å². The molecule has 0 heterocycles. The maximum absolute atomic E-state index is 11.9. The minimum Gasteiger partial charge on any atom is -0.444 e. The van der Waals surface area contributed by atoms with E-state index >= 15 is 0 Å². The number of carbonyl (C=O) groups is 2. The van der Waals surface area contributed by atoms with Crippen molar-refractivity contribution in [2.45, 2.75) is 52.2 Å². The molecule has 2 N–H and O–H groups in total. The van der Waals surface area contributed by atoms with E-state index in [0.29, 0.717) is 24.4 Å². The zero-order chi connectivity index (χ0) is 17.5. The van der Waals surface area contributed by atoms with Gasteiger partial charge in [-0.05, 0) is 51.8 Å². The molecule has 0 saturated heterocycles. The first kappa shape index (κ1) is 19.3. The maximum Gasteiger partial charge on any atom is 0.407 e. The fourth-order valence-corrected chi connectivity index (χ4v) is 2.13. The molecule has 0 aliphatic heterocycles. The maximum atomic E-state index is 11.9. The molecule has 0 radical (unpaired) electrons. The standard InChI is InChI=1S/C17H25ClN2O3/c1-12(13-7-5-8-14(18)11-13)20-15(21)9-6-10-19-16(22)23-17(2,3)4/h5,7-8,11-12H,6,9-10H2,1-4H3,(H,19,22)(H,20,21)/t12-/m0/s1. The van der Waals surface area contributed by atoms with Crippen LogP contribution in [0.2, 0.25) is 5.02 Å². The number of ether oxygens (including phenoxy) is 1. The van der Waals surface area contributed by atoms with E-state index in [4.69, 9.17) is 16.3 Å². The molecule has 128 valence electrons. The van der Waals surface area contributed by atoms with Crippen LogP contribution in [0.3, 0.4) is 0 Å². The number of benzene rings is 1. The number of amides is 2. The van der Waals surface area contributed by atoms with Crippen LogP contribution in [-0.4, -0.2) is 24.1 Å². The summed E-state index contributed by atoms with van der Waals surface area (Å²) in [5.41, 5.74) is 0.436. The summed E-state index contributed by atoms with van der Waals surface area (Å²) in [5.74, 6) is -0.0662. The first-order valence-corrected chi connectivity index (χ1v) is 8.07. The number of carbonyl (C=O) groups excluding carboxylic acids is 2. The number of hydrogen-bond donors (Lipinski definition) is 2. The minimum atomic E-state index is -0.520. The van der Waals surface area contributed by atoms with Gasteiger partial charge in [0.1, 0.15) is 5.60 Å². The molecule has 5 nitrogen and oxygen atoms in total. The van der Waals surface area contributed by atoms with Gasteiger partial charge in [0.15, 0.2) is 0 Å². The Labute approximate surface area is 142 Å². The zero-order valence-corrected chi connectivity index (χ0v) is 14.9. The summed E-state index contributed by atoms with van der Waals surface area (Å²) in [7, 11) is 0. The molecule has 0 aromatic heterocycles. The molecule has 0 spiro atoms. The van der Waals surface area contributed by atoms with Crippen LogP contribution in [0.15, 0.2) is 24.3 Å². The van der Waals surface area contributed by atoms with Crippen molar-refractivity contribution >= 4 is 23.6 Å². The monoisotopic (exact) mass is 340 g/mol. The summed E-state index contributed by atoms with van der Waals surface area (Å²) in [5, 5.41) is 6.18. The Morgan fingerprint density at radius 1 is 1.30 bits per heavy atom. The lowest BCUT2D eigenvalue weighted by Crippen LogP contribution is -2.33. The largest absolute Gasteiger partial charge is 0.444 e. The molecule has 0 aliphatic carbocycles. The van der Waals surface area contributed by atoms with Gasteiger partial charge in [-0.1, -0.05) is 23.7 Å². The summed E-state index contributed by atoms with van der Waals surface area (Å²) in [6.07, 6.45) is 0.416. The van der Waals surface area contributed by atoms with Crippen LogP contribution in [0.4, 0.5) is 4.79 Å². The summed E-state index contributed by atoms with van der Waals surface area (Å²) < 4.78 is 5.12. The highest BCUT2D eigenvalue weighted by Gasteiger charge is 2.15. The Morgan fingerprint density at radius 3 is 2.61 bits per heavy atom. The van der Waals surface area contributed by atoms with Crippen molar-refractivity contribution < 1.29 is 14.3 Å². The Hall–Kier alpha value is -1.75. The first-order valence-electron chi connectivity index (χ1n) is 7.69. The van der Waals surface area contributed by atoms with E-state index in [2.05, 4.69) is 10.6 Å². The minimum absolute atomic E-state index is 0.0662. The van der Waals surface area contributed by atoms with Gasteiger partial charge in [0.2, 0.25) is 5.91 Å². The third-order valence-corrected chi connectivity index (χ3v) is 3.21. The van der Waals surface area contributed by atoms with E-state index in [-0.39, 0.29) is 11.9 Å². The molecule has 23 heavy (non-hydrogen) atoms. The average Bonchev–Trinajstić information content (AvgIpc) is 2.41. The van der Waals surface area contributed by atoms with Gasteiger partial charge in [-0.25, -0.2) is 4.79 Å². The third kappa shape index (κ3) is 8.45. The highest BCUT2D eigenvalue weighted by molar-refractivity contribution is 6.30. The molecule has 0 saturated carbocycles. The van der Waals surface area contributed by atoms with Gasteiger partial charge in [0.25, 0.3) is 0 Å². The van der Waals surface area contributed by atoms with Crippen LogP contribution in [0.5, 0.6) is 0 Å². The molecule has 0 unspecified atom stereocenters. The topological polar surface area (TPSA) is 67.4 Å². The molecular weight excluding hydrogens is 316 g/mol. The smallest absolute Gasteiger partial charge is 0.407 e. The van der Waals surface area contributed by atoms with Gasteiger partial charge < -0.3 is 15.4 Å². The summed E-state index contributed by atoms with van der Waals surface area (Å²) >= 11 is 5.94. The van der Waals surface area contributed by atoms with Gasteiger partial charge in [-0.3, -0.25) is 4.79 Å². The molecule has 6 heteroatoms. The van der Waals surface area contributed by atoms with Crippen molar-refractivity contribution in [3.8, 4) is 0 Å². The normalized spacial score (nSPS) is 12.4. The molecule has 2 amide bonds. The van der Waals surface area contributed by atoms with Gasteiger partial charge in [0, 0.05) is 18.0 Å². The molecular formula is C17H25ClN2O3. The van der Waals surface area contributed by atoms with Crippen LogP contribution in [0, 0.1) is 0 Å². The van der Waals surface area contributed by atoms with Gasteiger partial charge >= 0.3 is 6.09 Å². The van der Waals surface area contributed by atoms with Crippen molar-refractivity contribution in [3.05, 3.63) is 34.9 Å². The number of nitrogens with one attached hydrogen (secondary N) is 2. The zero-order valence-electron chi connectivity index (χ0n) is 14.1. The SMILES string of the molecule is C[C@H](NC(=O)CCCNC(=O)OC(C)(C)C)c1cccc(Cl)c1. The van der Waals surface area contributed by atoms with Gasteiger partial charge in [-0.15, -0.1) is 0 Å². The second kappa shape index (κ2) is 8.77. The van der Waals surface area contributed by atoms with E-state index in [1.54, 1.807) is 26.8 Å². The fourth-order valence-electron chi connectivity index (χ4n) is 1.93. The van der Waals surface area contributed by atoms with Crippen molar-refractivity contribution in [1.29, 1.82) is 0 Å². The molecule has 0 fully saturated rings. The summed E-state index contributed by atoms with van der Waals surface area (Å²) in [6.45, 7) is 7.71. The van der Waals surface area contributed by atoms with Crippen molar-refractivity contribution in [1.82, 2.24) is 10.6 Å². The molecule has 0 aliphatic rings. The molecule has 1 rings (SSSR count). The first-order chi connectivity index (χ1) is 10.7. The number of hydrogen-bond acceptors (Lipinski definition) is 3. The summed E-state index contributed by atoms with van der Waals surface area (Å²) in [6, 6.07) is 7.28. The molecule has 1 aromatic carbocycles. The Morgan fingerprint density at radius 2 is 2.00 bits per heavy atom. The fraction of sp³-hybridized carbons (Fsp3) is 0.529. The van der Waals surface area contributed by atoms with Gasteiger partial charge in [-0.2, -0.15) is 0 Å². The highest BCUT2D eigenvalue weighted by Crippen LogP contribution is 2.17. The Bertz CT molecular complexity index is 541. The number of rotatable bonds is 6. The van der Waals surface area contributed by atoms with Crippen molar-refractivity contribution in [2.75, 3.05) is 6.54 Å². The van der Waals surface area contributed by atoms with Crippen molar-refractivity contribution in [2.24, 2.45) is 0 Å². The van der Waals surface area contributed by atoms with E-state index in [1.807, 2.05) is 25.1 Å². The lowest BCUT2D eigenvalue weighted by molar-refractivity contribution is -0.121. The van der Waals surface area contributed by atoms with Crippen molar-refractivity contribution in [3.63, 3.8) is 0 Å². The van der Waals surface area contributed by atoms with Crippen LogP contribution in [0.25, 0.3) is 0 Å². The molecule has 1 atom stereocenters. The highest BCUT2D eigenvalue weighted by atomic mass is 35.5. The lowest BCUT2D eigenvalue weighted by atomic mass is 10.1. The van der Waals surface area contributed by atoms with Crippen LogP contribution in [-0.2, 0) is 9.53 Å². The van der Waals surface area contributed by atoms with Gasteiger partial charge in [0.05, 0.1) is 6.04 Å². The quantitative estimate of drug-likeness (QED) is 0.773. The lowest BCUT2D eigenvalue weighted by Gasteiger charge is -2.19. The second-order valence-electron chi connectivity index (χ2n) is 6.38.